The molecule has 0 fully saturated rings. The van der Waals surface area contributed by atoms with E-state index in [2.05, 4.69) is 37.8 Å². The molecule has 0 saturated carbocycles. The van der Waals surface area contributed by atoms with Gasteiger partial charge in [0.05, 0.1) is 12.6 Å². The van der Waals surface area contributed by atoms with Crippen LogP contribution in [0.5, 0.6) is 0 Å². The fourth-order valence-corrected chi connectivity index (χ4v) is 1.96. The molecule has 0 N–H and O–H groups in total. The molecular formula is C10H19NO. The van der Waals surface area contributed by atoms with Gasteiger partial charge in [0.15, 0.2) is 0 Å². The van der Waals surface area contributed by atoms with E-state index in [1.807, 2.05) is 0 Å². The van der Waals surface area contributed by atoms with Crippen molar-refractivity contribution in [2.45, 2.75) is 38.9 Å². The SMILES string of the molecule is COCC1C=CC(C)N1C(C)C. The Morgan fingerprint density at radius 1 is 1.42 bits per heavy atom. The molecule has 1 rings (SSSR count). The molecule has 0 aromatic heterocycles. The van der Waals surface area contributed by atoms with E-state index < -0.39 is 0 Å². The summed E-state index contributed by atoms with van der Waals surface area (Å²) in [6.45, 7) is 7.49. The van der Waals surface area contributed by atoms with Gasteiger partial charge in [-0.25, -0.2) is 0 Å². The highest BCUT2D eigenvalue weighted by Gasteiger charge is 2.27. The second kappa shape index (κ2) is 4.06. The Labute approximate surface area is 75.2 Å². The van der Waals surface area contributed by atoms with Crippen LogP contribution in [0.4, 0.5) is 0 Å². The van der Waals surface area contributed by atoms with Crippen LogP contribution in [-0.4, -0.2) is 36.7 Å². The van der Waals surface area contributed by atoms with Crippen molar-refractivity contribution in [1.29, 1.82) is 0 Å². The fraction of sp³-hybridized carbons (Fsp3) is 0.800. The molecule has 0 aromatic carbocycles. The van der Waals surface area contributed by atoms with Gasteiger partial charge in [-0.15, -0.1) is 0 Å². The van der Waals surface area contributed by atoms with Crippen LogP contribution in [0.3, 0.4) is 0 Å². The second-order valence-corrected chi connectivity index (χ2v) is 3.69. The van der Waals surface area contributed by atoms with Crippen LogP contribution in [0, 0.1) is 0 Å². The average Bonchev–Trinajstić information content (AvgIpc) is 2.32. The lowest BCUT2D eigenvalue weighted by Crippen LogP contribution is -2.42. The van der Waals surface area contributed by atoms with Crippen molar-refractivity contribution in [3.63, 3.8) is 0 Å². The number of methoxy groups -OCH3 is 1. The van der Waals surface area contributed by atoms with Gasteiger partial charge in [0.2, 0.25) is 0 Å². The molecule has 1 heterocycles. The highest BCUT2D eigenvalue weighted by Crippen LogP contribution is 2.19. The maximum Gasteiger partial charge on any atom is 0.0654 e. The largest absolute Gasteiger partial charge is 0.383 e. The Kier molecular flexibility index (Phi) is 3.29. The van der Waals surface area contributed by atoms with Gasteiger partial charge >= 0.3 is 0 Å². The van der Waals surface area contributed by atoms with Gasteiger partial charge in [0, 0.05) is 19.2 Å². The minimum Gasteiger partial charge on any atom is -0.383 e. The van der Waals surface area contributed by atoms with Gasteiger partial charge in [-0.2, -0.15) is 0 Å². The molecule has 0 aliphatic carbocycles. The Hall–Kier alpha value is -0.340. The number of hydrogen-bond donors (Lipinski definition) is 0. The van der Waals surface area contributed by atoms with Crippen molar-refractivity contribution in [2.75, 3.05) is 13.7 Å². The van der Waals surface area contributed by atoms with E-state index in [1.54, 1.807) is 7.11 Å². The smallest absolute Gasteiger partial charge is 0.0654 e. The van der Waals surface area contributed by atoms with Crippen molar-refractivity contribution < 1.29 is 4.74 Å². The van der Waals surface area contributed by atoms with E-state index in [9.17, 15) is 0 Å². The summed E-state index contributed by atoms with van der Waals surface area (Å²) in [5.74, 6) is 0. The van der Waals surface area contributed by atoms with Crippen LogP contribution in [0.1, 0.15) is 20.8 Å². The Morgan fingerprint density at radius 3 is 2.58 bits per heavy atom. The number of nitrogens with zero attached hydrogens (tertiary/aromatic N) is 1. The Balaban J connectivity index is 2.56. The third kappa shape index (κ3) is 1.87. The monoisotopic (exact) mass is 169 g/mol. The van der Waals surface area contributed by atoms with E-state index in [0.29, 0.717) is 18.1 Å². The van der Waals surface area contributed by atoms with Gasteiger partial charge in [-0.1, -0.05) is 12.2 Å². The summed E-state index contributed by atoms with van der Waals surface area (Å²) in [5.41, 5.74) is 0. The summed E-state index contributed by atoms with van der Waals surface area (Å²) in [6.07, 6.45) is 4.50. The van der Waals surface area contributed by atoms with E-state index in [1.165, 1.54) is 0 Å². The molecule has 2 unspecified atom stereocenters. The van der Waals surface area contributed by atoms with Crippen molar-refractivity contribution >= 4 is 0 Å². The molecule has 0 aromatic rings. The maximum absolute atomic E-state index is 5.16. The summed E-state index contributed by atoms with van der Waals surface area (Å²) in [6, 6.07) is 1.63. The van der Waals surface area contributed by atoms with E-state index in [-0.39, 0.29) is 0 Å². The molecule has 2 heteroatoms. The molecular weight excluding hydrogens is 150 g/mol. The number of hydrogen-bond acceptors (Lipinski definition) is 2. The number of rotatable bonds is 3. The van der Waals surface area contributed by atoms with Crippen LogP contribution in [-0.2, 0) is 4.74 Å². The standard InChI is InChI=1S/C10H19NO/c1-8(2)11-9(3)5-6-10(11)7-12-4/h5-6,8-10H,7H2,1-4H3. The van der Waals surface area contributed by atoms with Gasteiger partial charge in [-0.3, -0.25) is 4.90 Å². The molecule has 0 saturated heterocycles. The van der Waals surface area contributed by atoms with E-state index >= 15 is 0 Å². The number of ether oxygens (including phenoxy) is 1. The summed E-state index contributed by atoms with van der Waals surface area (Å²) in [5, 5.41) is 0. The predicted molar refractivity (Wildman–Crippen MR) is 51.2 cm³/mol. The Bertz CT molecular complexity index is 165. The first-order valence-electron chi connectivity index (χ1n) is 4.61. The second-order valence-electron chi connectivity index (χ2n) is 3.69. The summed E-state index contributed by atoms with van der Waals surface area (Å²) >= 11 is 0. The van der Waals surface area contributed by atoms with Gasteiger partial charge in [0.25, 0.3) is 0 Å². The summed E-state index contributed by atoms with van der Waals surface area (Å²) in [7, 11) is 1.76. The minimum absolute atomic E-state index is 0.477. The van der Waals surface area contributed by atoms with Crippen LogP contribution < -0.4 is 0 Å². The van der Waals surface area contributed by atoms with Gasteiger partial charge in [-0.05, 0) is 20.8 Å². The minimum atomic E-state index is 0.477. The molecule has 1 aliphatic rings. The van der Waals surface area contributed by atoms with E-state index in [4.69, 9.17) is 4.74 Å². The third-order valence-electron chi connectivity index (χ3n) is 2.40. The zero-order chi connectivity index (χ0) is 9.14. The van der Waals surface area contributed by atoms with Crippen molar-refractivity contribution in [1.82, 2.24) is 4.90 Å². The van der Waals surface area contributed by atoms with Crippen molar-refractivity contribution in [3.8, 4) is 0 Å². The highest BCUT2D eigenvalue weighted by atomic mass is 16.5. The molecule has 0 bridgehead atoms. The lowest BCUT2D eigenvalue weighted by molar-refractivity contribution is 0.0907. The molecule has 12 heavy (non-hydrogen) atoms. The van der Waals surface area contributed by atoms with Crippen LogP contribution in [0.25, 0.3) is 0 Å². The normalized spacial score (nSPS) is 30.4. The fourth-order valence-electron chi connectivity index (χ4n) is 1.96. The first-order valence-corrected chi connectivity index (χ1v) is 4.61. The average molecular weight is 169 g/mol. The third-order valence-corrected chi connectivity index (χ3v) is 2.40. The molecule has 0 amide bonds. The maximum atomic E-state index is 5.16. The van der Waals surface area contributed by atoms with Gasteiger partial charge < -0.3 is 4.74 Å². The van der Waals surface area contributed by atoms with Crippen LogP contribution >= 0.6 is 0 Å². The lowest BCUT2D eigenvalue weighted by atomic mass is 10.2. The zero-order valence-electron chi connectivity index (χ0n) is 8.45. The molecule has 70 valence electrons. The lowest BCUT2D eigenvalue weighted by Gasteiger charge is -2.31. The van der Waals surface area contributed by atoms with E-state index in [0.717, 1.165) is 6.61 Å². The first-order chi connectivity index (χ1) is 5.66. The quantitative estimate of drug-likeness (QED) is 0.596. The first kappa shape index (κ1) is 9.75. The highest BCUT2D eigenvalue weighted by molar-refractivity contribution is 5.09. The topological polar surface area (TPSA) is 12.5 Å². The summed E-state index contributed by atoms with van der Waals surface area (Å²) in [4.78, 5) is 2.46. The van der Waals surface area contributed by atoms with Crippen LogP contribution in [0.15, 0.2) is 12.2 Å². The Morgan fingerprint density at radius 2 is 2.08 bits per heavy atom. The van der Waals surface area contributed by atoms with Gasteiger partial charge in [0.1, 0.15) is 0 Å². The van der Waals surface area contributed by atoms with Crippen molar-refractivity contribution in [3.05, 3.63) is 12.2 Å². The van der Waals surface area contributed by atoms with Crippen molar-refractivity contribution in [2.24, 2.45) is 0 Å². The molecule has 2 nitrogen and oxygen atoms in total. The molecule has 2 atom stereocenters. The zero-order valence-corrected chi connectivity index (χ0v) is 8.45. The molecule has 1 aliphatic heterocycles. The predicted octanol–water partition coefficient (Wildman–Crippen LogP) is 1.67. The summed E-state index contributed by atoms with van der Waals surface area (Å²) < 4.78 is 5.16. The molecule has 0 spiro atoms. The molecule has 0 radical (unpaired) electrons. The van der Waals surface area contributed by atoms with Crippen LogP contribution in [0.2, 0.25) is 0 Å².